The number of aromatic amines is 1. The summed E-state index contributed by atoms with van der Waals surface area (Å²) in [6, 6.07) is -3.99. The van der Waals surface area contributed by atoms with E-state index in [0.29, 0.717) is 24.1 Å². The van der Waals surface area contributed by atoms with Gasteiger partial charge in [0.2, 0.25) is 23.5 Å². The number of nitrogens with one attached hydrogen (secondary N) is 5. The Morgan fingerprint density at radius 3 is 2.15 bits per heavy atom. The van der Waals surface area contributed by atoms with Crippen molar-refractivity contribution in [3.8, 4) is 0 Å². The predicted octanol–water partition coefficient (Wildman–Crippen LogP) is 4.34. The first-order valence-corrected chi connectivity index (χ1v) is 22.0. The molecular weight excluding hydrogens is 741 g/mol. The lowest BCUT2D eigenvalue weighted by molar-refractivity contribution is -0.145. The van der Waals surface area contributed by atoms with Crippen LogP contribution in [0, 0.1) is 25.2 Å². The molecule has 304 valence electrons. The lowest BCUT2D eigenvalue weighted by Gasteiger charge is -2.38. The number of hydrogen-bond acceptors (Lipinski definition) is 9. The molecule has 5 amide bonds. The van der Waals surface area contributed by atoms with Gasteiger partial charge in [-0.05, 0) is 87.7 Å². The van der Waals surface area contributed by atoms with E-state index in [4.69, 9.17) is 0 Å². The molecule has 0 aromatic carbocycles. The monoisotopic (exact) mass is 800 g/mol. The van der Waals surface area contributed by atoms with Crippen molar-refractivity contribution in [2.24, 2.45) is 11.3 Å². The van der Waals surface area contributed by atoms with Gasteiger partial charge in [0, 0.05) is 24.7 Å². The van der Waals surface area contributed by atoms with Gasteiger partial charge in [0.25, 0.3) is 11.8 Å². The zero-order chi connectivity index (χ0) is 40.2. The number of thioether (sulfide) groups is 2. The molecule has 4 aliphatic rings. The van der Waals surface area contributed by atoms with Crippen molar-refractivity contribution in [1.82, 2.24) is 31.2 Å². The fraction of sp³-hybridized carbons (Fsp3) is 0.725. The van der Waals surface area contributed by atoms with Gasteiger partial charge < -0.3 is 31.2 Å². The summed E-state index contributed by atoms with van der Waals surface area (Å²) >= 11 is 3.47. The molecule has 5 rings (SSSR count). The fourth-order valence-electron chi connectivity index (χ4n) is 8.05. The molecule has 5 N–H and O–H groups in total. The van der Waals surface area contributed by atoms with Crippen molar-refractivity contribution in [2.45, 2.75) is 153 Å². The van der Waals surface area contributed by atoms with Gasteiger partial charge in [-0.3, -0.25) is 33.6 Å². The van der Waals surface area contributed by atoms with E-state index in [9.17, 15) is 33.6 Å². The molecule has 1 aromatic rings. The van der Waals surface area contributed by atoms with Crippen molar-refractivity contribution in [1.29, 1.82) is 0 Å². The quantitative estimate of drug-likeness (QED) is 0.135. The lowest BCUT2D eigenvalue weighted by atomic mass is 9.82. The summed E-state index contributed by atoms with van der Waals surface area (Å²) in [5, 5.41) is 11.6. The van der Waals surface area contributed by atoms with Crippen LogP contribution in [0.15, 0.2) is 0 Å². The SMILES string of the molecule is CCC[C@H](NC(=O)[C@@H]1CC2(CN1C(=O)[C@@H](NC(=O)[C@@H](NC(=O)c1[nH]c(C)c(C)c1C(C)=O)C1CCCCC1)C(C)(C)C)SCCCS2)C(=O)C(=O)NC1CC1. The largest absolute Gasteiger partial charge is 0.354 e. The predicted molar refractivity (Wildman–Crippen MR) is 215 cm³/mol. The molecular formula is C40H60N6O7S2. The molecule has 3 heterocycles. The molecule has 1 spiro atoms. The summed E-state index contributed by atoms with van der Waals surface area (Å²) in [5.41, 5.74) is 0.975. The van der Waals surface area contributed by atoms with E-state index in [1.165, 1.54) is 6.92 Å². The first kappa shape index (κ1) is 42.8. The van der Waals surface area contributed by atoms with Gasteiger partial charge in [0.05, 0.1) is 15.7 Å². The number of hydrogen-bond donors (Lipinski definition) is 5. The summed E-state index contributed by atoms with van der Waals surface area (Å²) < 4.78 is -0.435. The Labute approximate surface area is 333 Å². The van der Waals surface area contributed by atoms with Crippen molar-refractivity contribution in [3.05, 3.63) is 22.5 Å². The van der Waals surface area contributed by atoms with Crippen LogP contribution >= 0.6 is 23.5 Å². The van der Waals surface area contributed by atoms with Gasteiger partial charge in [-0.15, -0.1) is 23.5 Å². The number of likely N-dealkylation sites (tertiary alicyclic amines) is 1. The van der Waals surface area contributed by atoms with Crippen LogP contribution in [-0.4, -0.2) is 103 Å². The van der Waals surface area contributed by atoms with Gasteiger partial charge in [-0.1, -0.05) is 53.4 Å². The van der Waals surface area contributed by atoms with Crippen molar-refractivity contribution < 1.29 is 33.6 Å². The summed E-state index contributed by atoms with van der Waals surface area (Å²) in [5.74, 6) is -2.03. The van der Waals surface area contributed by atoms with Crippen molar-refractivity contribution in [3.63, 3.8) is 0 Å². The van der Waals surface area contributed by atoms with E-state index in [2.05, 4.69) is 26.3 Å². The second kappa shape index (κ2) is 17.9. The van der Waals surface area contributed by atoms with Gasteiger partial charge >= 0.3 is 0 Å². The van der Waals surface area contributed by atoms with E-state index in [1.807, 2.05) is 27.7 Å². The van der Waals surface area contributed by atoms with Crippen LogP contribution in [0.4, 0.5) is 0 Å². The molecule has 2 saturated heterocycles. The van der Waals surface area contributed by atoms with Crippen LogP contribution in [0.1, 0.15) is 137 Å². The Kier molecular flexibility index (Phi) is 13.9. The standard InChI is InChI=1S/C40H60N6O7S2/c1-8-13-27(32(48)37(52)42-26-16-17-26)43-34(49)28-20-40(54-18-12-19-55-40)21-46(28)38(53)33(39(5,6)7)45-35(50)30(25-14-10-9-11-15-25)44-36(51)31-29(24(4)47)22(2)23(3)41-31/h25-28,30,33,41H,8-21H2,1-7H3,(H,42,52)(H,43,49)(H,44,51)(H,45,50)/t27-,28-,30-,33+/m0/s1. The number of carbonyl (C=O) groups is 7. The topological polar surface area (TPSA) is 187 Å². The highest BCUT2D eigenvalue weighted by Gasteiger charge is 2.53. The third-order valence-electron chi connectivity index (χ3n) is 11.4. The van der Waals surface area contributed by atoms with Crippen LogP contribution in [-0.2, 0) is 24.0 Å². The number of nitrogens with zero attached hydrogens (tertiary/aromatic N) is 1. The molecule has 2 aliphatic carbocycles. The molecule has 4 atom stereocenters. The second-order valence-corrected chi connectivity index (χ2v) is 20.2. The zero-order valence-corrected chi connectivity index (χ0v) is 35.1. The Hall–Kier alpha value is -3.33. The highest BCUT2D eigenvalue weighted by atomic mass is 32.2. The maximum absolute atomic E-state index is 14.9. The van der Waals surface area contributed by atoms with Crippen LogP contribution in [0.5, 0.6) is 0 Å². The van der Waals surface area contributed by atoms with Gasteiger partial charge in [-0.2, -0.15) is 0 Å². The number of H-pyrrole nitrogens is 1. The molecule has 4 fully saturated rings. The Morgan fingerprint density at radius 2 is 1.56 bits per heavy atom. The highest BCUT2D eigenvalue weighted by molar-refractivity contribution is 8.18. The molecule has 1 aromatic heterocycles. The van der Waals surface area contributed by atoms with E-state index < -0.39 is 69.0 Å². The van der Waals surface area contributed by atoms with E-state index in [-0.39, 0.29) is 42.0 Å². The molecule has 0 unspecified atom stereocenters. The van der Waals surface area contributed by atoms with Gasteiger partial charge in [0.1, 0.15) is 23.8 Å². The third kappa shape index (κ3) is 10.2. The molecule has 0 bridgehead atoms. The summed E-state index contributed by atoms with van der Waals surface area (Å²) in [6.45, 7) is 12.7. The van der Waals surface area contributed by atoms with E-state index in [1.54, 1.807) is 42.3 Å². The first-order chi connectivity index (χ1) is 26.0. The Bertz CT molecular complexity index is 1650. The van der Waals surface area contributed by atoms with E-state index >= 15 is 0 Å². The minimum Gasteiger partial charge on any atom is -0.354 e. The number of aromatic nitrogens is 1. The number of aryl methyl sites for hydroxylation is 1. The number of ketones is 2. The van der Waals surface area contributed by atoms with Crippen molar-refractivity contribution in [2.75, 3.05) is 18.1 Å². The summed E-state index contributed by atoms with van der Waals surface area (Å²) in [7, 11) is 0. The van der Waals surface area contributed by atoms with Crippen LogP contribution in [0.3, 0.4) is 0 Å². The summed E-state index contributed by atoms with van der Waals surface area (Å²) in [4.78, 5) is 101. The lowest BCUT2D eigenvalue weighted by Crippen LogP contribution is -2.62. The normalized spacial score (nSPS) is 21.7. The maximum Gasteiger partial charge on any atom is 0.289 e. The zero-order valence-electron chi connectivity index (χ0n) is 33.5. The Balaban J connectivity index is 1.41. The second-order valence-electron chi connectivity index (χ2n) is 16.9. The number of Topliss-reactive ketones (excluding diaryl/α,β-unsaturated/α-hetero) is 2. The fourth-order valence-corrected chi connectivity index (χ4v) is 11.4. The molecule has 55 heavy (non-hydrogen) atoms. The molecule has 15 heteroatoms. The van der Waals surface area contributed by atoms with Crippen LogP contribution in [0.25, 0.3) is 0 Å². The average Bonchev–Trinajstić information content (AvgIpc) is 3.81. The molecule has 2 saturated carbocycles. The van der Waals surface area contributed by atoms with Crippen LogP contribution in [0.2, 0.25) is 0 Å². The molecule has 13 nitrogen and oxygen atoms in total. The molecule has 0 radical (unpaired) electrons. The minimum absolute atomic E-state index is 0.00645. The van der Waals surface area contributed by atoms with Gasteiger partial charge in [-0.25, -0.2) is 0 Å². The smallest absolute Gasteiger partial charge is 0.289 e. The maximum atomic E-state index is 14.9. The van der Waals surface area contributed by atoms with E-state index in [0.717, 1.165) is 62.9 Å². The number of carbonyl (C=O) groups excluding carboxylic acids is 7. The average molecular weight is 801 g/mol. The first-order valence-electron chi connectivity index (χ1n) is 20.0. The third-order valence-corrected chi connectivity index (χ3v) is 14.7. The molecule has 2 aliphatic heterocycles. The summed E-state index contributed by atoms with van der Waals surface area (Å²) in [6.07, 6.45) is 8.13. The van der Waals surface area contributed by atoms with Crippen LogP contribution < -0.4 is 21.3 Å². The minimum atomic E-state index is -1.06. The number of amides is 5. The number of rotatable bonds is 14. The van der Waals surface area contributed by atoms with Crippen molar-refractivity contribution >= 4 is 64.6 Å². The highest BCUT2D eigenvalue weighted by Crippen LogP contribution is 2.50. The Morgan fingerprint density at radius 1 is 0.909 bits per heavy atom. The van der Waals surface area contributed by atoms with Gasteiger partial charge in [0.15, 0.2) is 5.78 Å².